The summed E-state index contributed by atoms with van der Waals surface area (Å²) in [7, 11) is 0. The maximum atomic E-state index is 10.6. The summed E-state index contributed by atoms with van der Waals surface area (Å²) in [6.45, 7) is 0. The molecule has 2 aromatic rings. The summed E-state index contributed by atoms with van der Waals surface area (Å²) in [4.78, 5) is 14.6. The Kier molecular flexibility index (Phi) is 4.13. The number of hydrogen-bond acceptors (Lipinski definition) is 2. The number of carbonyl (C=O) groups excluding carboxylic acids is 1. The van der Waals surface area contributed by atoms with E-state index >= 15 is 0 Å². The van der Waals surface area contributed by atoms with E-state index in [4.69, 9.17) is 46.4 Å². The smallest absolute Gasteiger partial charge is 0.169 e. The van der Waals surface area contributed by atoms with Crippen LogP contribution in [0.3, 0.4) is 0 Å². The summed E-state index contributed by atoms with van der Waals surface area (Å²) in [5, 5.41) is 1.47. The first-order valence-corrected chi connectivity index (χ1v) is 6.29. The molecule has 0 N–H and O–H groups in total. The first-order chi connectivity index (χ1) is 8.52. The van der Waals surface area contributed by atoms with Crippen LogP contribution in [0, 0.1) is 0 Å². The number of carbonyl (C=O) groups is 1. The van der Waals surface area contributed by atoms with E-state index < -0.39 is 0 Å². The fraction of sp³-hybridized carbons (Fsp3) is 0. The molecule has 18 heavy (non-hydrogen) atoms. The third kappa shape index (κ3) is 2.62. The van der Waals surface area contributed by atoms with Gasteiger partial charge in [-0.25, -0.2) is 0 Å². The molecule has 0 saturated carbocycles. The van der Waals surface area contributed by atoms with E-state index in [1.807, 2.05) is 0 Å². The highest BCUT2D eigenvalue weighted by molar-refractivity contribution is 6.42. The number of rotatable bonds is 2. The van der Waals surface area contributed by atoms with Crippen molar-refractivity contribution in [1.29, 1.82) is 0 Å². The topological polar surface area (TPSA) is 30.0 Å². The minimum absolute atomic E-state index is 0.168. The summed E-state index contributed by atoms with van der Waals surface area (Å²) in [5.41, 5.74) is 1.37. The van der Waals surface area contributed by atoms with Gasteiger partial charge in [0.2, 0.25) is 0 Å². The predicted molar refractivity (Wildman–Crippen MR) is 75.1 cm³/mol. The van der Waals surface area contributed by atoms with Crippen LogP contribution >= 0.6 is 46.4 Å². The second kappa shape index (κ2) is 5.45. The van der Waals surface area contributed by atoms with Crippen molar-refractivity contribution in [1.82, 2.24) is 4.98 Å². The van der Waals surface area contributed by atoms with Gasteiger partial charge in [-0.1, -0.05) is 46.4 Å². The summed E-state index contributed by atoms with van der Waals surface area (Å²) in [5.74, 6) is 0. The fourth-order valence-electron chi connectivity index (χ4n) is 1.49. The van der Waals surface area contributed by atoms with Crippen LogP contribution in [0.15, 0.2) is 24.4 Å². The molecule has 0 aliphatic rings. The van der Waals surface area contributed by atoms with Gasteiger partial charge >= 0.3 is 0 Å². The minimum Gasteiger partial charge on any atom is -0.296 e. The monoisotopic (exact) mass is 319 g/mol. The Bertz CT molecular complexity index is 604. The van der Waals surface area contributed by atoms with Crippen molar-refractivity contribution in [3.05, 3.63) is 50.2 Å². The molecule has 2 rings (SSSR count). The molecule has 0 aliphatic heterocycles. The molecule has 1 aromatic heterocycles. The summed E-state index contributed by atoms with van der Waals surface area (Å²) in [6.07, 6.45) is 2.06. The number of nitrogens with zero attached hydrogens (tertiary/aromatic N) is 1. The third-order valence-electron chi connectivity index (χ3n) is 2.28. The van der Waals surface area contributed by atoms with Crippen LogP contribution in [0.5, 0.6) is 0 Å². The number of pyridine rings is 1. The Morgan fingerprint density at radius 2 is 1.56 bits per heavy atom. The standard InChI is InChI=1S/C12H5Cl4NO/c13-7-2-9(15)12(10(16)3-7)6-1-8(14)11(5-18)17-4-6/h1-5H. The molecule has 0 spiro atoms. The van der Waals surface area contributed by atoms with Gasteiger partial charge in [-0.05, 0) is 18.2 Å². The molecule has 2 nitrogen and oxygen atoms in total. The van der Waals surface area contributed by atoms with Gasteiger partial charge in [0, 0.05) is 22.3 Å². The third-order valence-corrected chi connectivity index (χ3v) is 3.39. The highest BCUT2D eigenvalue weighted by atomic mass is 35.5. The van der Waals surface area contributed by atoms with Gasteiger partial charge in [0.25, 0.3) is 0 Å². The quantitative estimate of drug-likeness (QED) is 0.714. The van der Waals surface area contributed by atoms with Crippen molar-refractivity contribution >= 4 is 52.7 Å². The number of aromatic nitrogens is 1. The van der Waals surface area contributed by atoms with E-state index in [0.29, 0.717) is 32.5 Å². The van der Waals surface area contributed by atoms with Crippen LogP contribution in [0.4, 0.5) is 0 Å². The van der Waals surface area contributed by atoms with Crippen molar-refractivity contribution in [3.63, 3.8) is 0 Å². The number of benzene rings is 1. The maximum Gasteiger partial charge on any atom is 0.169 e. The maximum absolute atomic E-state index is 10.6. The van der Waals surface area contributed by atoms with Crippen LogP contribution < -0.4 is 0 Å². The second-order valence-electron chi connectivity index (χ2n) is 3.45. The first kappa shape index (κ1) is 13.6. The van der Waals surface area contributed by atoms with Gasteiger partial charge in [-0.3, -0.25) is 9.78 Å². The Morgan fingerprint density at radius 1 is 0.944 bits per heavy atom. The van der Waals surface area contributed by atoms with Crippen molar-refractivity contribution in [3.8, 4) is 11.1 Å². The lowest BCUT2D eigenvalue weighted by Crippen LogP contribution is -1.90. The lowest BCUT2D eigenvalue weighted by Gasteiger charge is -2.08. The Morgan fingerprint density at radius 3 is 2.06 bits per heavy atom. The zero-order valence-corrected chi connectivity index (χ0v) is 11.8. The van der Waals surface area contributed by atoms with Crippen LogP contribution in [0.1, 0.15) is 10.5 Å². The Labute approximate surface area is 123 Å². The first-order valence-electron chi connectivity index (χ1n) is 4.78. The van der Waals surface area contributed by atoms with E-state index in [1.165, 1.54) is 6.20 Å². The van der Waals surface area contributed by atoms with Gasteiger partial charge < -0.3 is 0 Å². The van der Waals surface area contributed by atoms with E-state index in [-0.39, 0.29) is 10.7 Å². The zero-order valence-electron chi connectivity index (χ0n) is 8.75. The van der Waals surface area contributed by atoms with Crippen LogP contribution in [-0.2, 0) is 0 Å². The van der Waals surface area contributed by atoms with Crippen molar-refractivity contribution in [2.75, 3.05) is 0 Å². The predicted octanol–water partition coefficient (Wildman–Crippen LogP) is 5.17. The van der Waals surface area contributed by atoms with Crippen LogP contribution in [-0.4, -0.2) is 11.3 Å². The molecule has 0 radical (unpaired) electrons. The van der Waals surface area contributed by atoms with Gasteiger partial charge in [0.1, 0.15) is 5.69 Å². The van der Waals surface area contributed by atoms with E-state index in [0.717, 1.165) is 0 Å². The minimum atomic E-state index is 0.168. The number of halogens is 4. The molecule has 0 atom stereocenters. The highest BCUT2D eigenvalue weighted by Gasteiger charge is 2.12. The van der Waals surface area contributed by atoms with Crippen LogP contribution in [0.25, 0.3) is 11.1 Å². The van der Waals surface area contributed by atoms with E-state index in [1.54, 1.807) is 18.2 Å². The fourth-order valence-corrected chi connectivity index (χ4v) is 2.74. The van der Waals surface area contributed by atoms with Crippen molar-refractivity contribution < 1.29 is 4.79 Å². The molecule has 0 amide bonds. The lowest BCUT2D eigenvalue weighted by atomic mass is 10.1. The van der Waals surface area contributed by atoms with Gasteiger partial charge in [-0.15, -0.1) is 0 Å². The molecule has 0 aliphatic carbocycles. The summed E-state index contributed by atoms with van der Waals surface area (Å²) in [6, 6.07) is 4.73. The average molecular weight is 321 g/mol. The van der Waals surface area contributed by atoms with Crippen LogP contribution in [0.2, 0.25) is 20.1 Å². The summed E-state index contributed by atoms with van der Waals surface area (Å²) >= 11 is 23.9. The molecular formula is C12H5Cl4NO. The van der Waals surface area contributed by atoms with Crippen molar-refractivity contribution in [2.45, 2.75) is 0 Å². The molecular weight excluding hydrogens is 316 g/mol. The molecule has 1 heterocycles. The molecule has 0 saturated heterocycles. The summed E-state index contributed by atoms with van der Waals surface area (Å²) < 4.78 is 0. The SMILES string of the molecule is O=Cc1ncc(-c2c(Cl)cc(Cl)cc2Cl)cc1Cl. The van der Waals surface area contributed by atoms with E-state index in [2.05, 4.69) is 4.98 Å². The van der Waals surface area contributed by atoms with Gasteiger partial charge in [0.15, 0.2) is 6.29 Å². The molecule has 0 bridgehead atoms. The number of aldehydes is 1. The Balaban J connectivity index is 2.62. The molecule has 1 aromatic carbocycles. The Hall–Kier alpha value is -0.800. The second-order valence-corrected chi connectivity index (χ2v) is 5.11. The lowest BCUT2D eigenvalue weighted by molar-refractivity contribution is 0.111. The zero-order chi connectivity index (χ0) is 13.3. The van der Waals surface area contributed by atoms with Crippen molar-refractivity contribution in [2.24, 2.45) is 0 Å². The average Bonchev–Trinajstić information content (AvgIpc) is 2.27. The highest BCUT2D eigenvalue weighted by Crippen LogP contribution is 2.37. The molecule has 0 unspecified atom stereocenters. The molecule has 0 fully saturated rings. The largest absolute Gasteiger partial charge is 0.296 e. The van der Waals surface area contributed by atoms with E-state index in [9.17, 15) is 4.79 Å². The number of hydrogen-bond donors (Lipinski definition) is 0. The van der Waals surface area contributed by atoms with Gasteiger partial charge in [0.05, 0.1) is 15.1 Å². The van der Waals surface area contributed by atoms with Gasteiger partial charge in [-0.2, -0.15) is 0 Å². The molecule has 6 heteroatoms. The normalized spacial score (nSPS) is 10.4. The molecule has 92 valence electrons.